The van der Waals surface area contributed by atoms with E-state index >= 15 is 0 Å². The normalized spacial score (nSPS) is 14.8. The lowest BCUT2D eigenvalue weighted by atomic mass is 9.95. The molecule has 0 saturated carbocycles. The van der Waals surface area contributed by atoms with Crippen LogP contribution in [-0.4, -0.2) is 29.9 Å². The fourth-order valence-corrected chi connectivity index (χ4v) is 4.48. The first-order chi connectivity index (χ1) is 16.0. The van der Waals surface area contributed by atoms with Crippen LogP contribution in [0.25, 0.3) is 0 Å². The molecule has 0 aliphatic carbocycles. The van der Waals surface area contributed by atoms with E-state index in [0.717, 1.165) is 23.2 Å². The smallest absolute Gasteiger partial charge is 0.324 e. The zero-order valence-corrected chi connectivity index (χ0v) is 19.5. The summed E-state index contributed by atoms with van der Waals surface area (Å²) in [7, 11) is 0. The molecule has 6 heteroatoms. The zero-order chi connectivity index (χ0) is 23.2. The van der Waals surface area contributed by atoms with Crippen molar-refractivity contribution in [1.82, 2.24) is 4.90 Å². The number of hydrogen-bond acceptors (Lipinski definition) is 2. The number of nitrogens with zero attached hydrogens (tertiary/aromatic N) is 2. The summed E-state index contributed by atoms with van der Waals surface area (Å²) in [5.41, 5.74) is 3.47. The number of rotatable bonds is 7. The van der Waals surface area contributed by atoms with Gasteiger partial charge in [-0.2, -0.15) is 0 Å². The first-order valence-corrected chi connectivity index (χ1v) is 11.7. The predicted molar refractivity (Wildman–Crippen MR) is 134 cm³/mol. The highest BCUT2D eigenvalue weighted by molar-refractivity contribution is 6.30. The van der Waals surface area contributed by atoms with Crippen LogP contribution < -0.4 is 10.2 Å². The van der Waals surface area contributed by atoms with E-state index < -0.39 is 0 Å². The maximum Gasteiger partial charge on any atom is 0.324 e. The number of halogens is 1. The summed E-state index contributed by atoms with van der Waals surface area (Å²) >= 11 is 6.11. The average molecular weight is 462 g/mol. The van der Waals surface area contributed by atoms with Gasteiger partial charge in [0.15, 0.2) is 0 Å². The van der Waals surface area contributed by atoms with Gasteiger partial charge in [-0.05, 0) is 54.3 Å². The van der Waals surface area contributed by atoms with Crippen molar-refractivity contribution in [2.24, 2.45) is 0 Å². The Hall–Kier alpha value is -3.31. The molecule has 5 nitrogen and oxygen atoms in total. The van der Waals surface area contributed by atoms with Gasteiger partial charge >= 0.3 is 6.03 Å². The molecule has 1 fully saturated rings. The van der Waals surface area contributed by atoms with Crippen LogP contribution in [0.2, 0.25) is 5.02 Å². The Balaban J connectivity index is 1.47. The minimum atomic E-state index is -0.223. The Morgan fingerprint density at radius 1 is 1.00 bits per heavy atom. The van der Waals surface area contributed by atoms with E-state index in [-0.39, 0.29) is 17.9 Å². The molecule has 0 spiro atoms. The first kappa shape index (κ1) is 22.9. The molecule has 1 heterocycles. The second kappa shape index (κ2) is 10.5. The Labute approximate surface area is 200 Å². The maximum atomic E-state index is 13.2. The van der Waals surface area contributed by atoms with E-state index in [4.69, 9.17) is 11.6 Å². The first-order valence-electron chi connectivity index (χ1n) is 11.3. The average Bonchev–Trinajstić information content (AvgIpc) is 2.82. The second-order valence-electron chi connectivity index (χ2n) is 8.25. The van der Waals surface area contributed by atoms with E-state index in [1.54, 1.807) is 4.90 Å². The van der Waals surface area contributed by atoms with E-state index in [1.807, 2.05) is 90.7 Å². The fraction of sp³-hybridized carbons (Fsp3) is 0.259. The molecular weight excluding hydrogens is 434 g/mol. The summed E-state index contributed by atoms with van der Waals surface area (Å²) in [5, 5.41) is 3.70. The van der Waals surface area contributed by atoms with Gasteiger partial charge < -0.3 is 10.2 Å². The lowest BCUT2D eigenvalue weighted by molar-refractivity contribution is -0.117. The molecule has 170 valence electrons. The summed E-state index contributed by atoms with van der Waals surface area (Å²) in [4.78, 5) is 29.8. The molecule has 0 aromatic heterocycles. The standard InChI is InChI=1S/C27H28ClN3O2/c1-2-25(21-10-4-3-5-11-21)26(32)29-23-13-7-14-24(18-23)31-16-8-15-30(27(31)33)19-20-9-6-12-22(28)17-20/h3-7,9-14,17-18,25H,2,8,15-16,19H2,1H3,(H,29,32)/t25-/m1/s1. The zero-order valence-electron chi connectivity index (χ0n) is 18.7. The molecule has 1 N–H and O–H groups in total. The van der Waals surface area contributed by atoms with E-state index in [1.165, 1.54) is 0 Å². The van der Waals surface area contributed by atoms with Crippen LogP contribution in [0.4, 0.5) is 16.2 Å². The highest BCUT2D eigenvalue weighted by Crippen LogP contribution is 2.26. The van der Waals surface area contributed by atoms with Crippen LogP contribution in [0.15, 0.2) is 78.9 Å². The molecular formula is C27H28ClN3O2. The number of anilines is 2. The monoisotopic (exact) mass is 461 g/mol. The van der Waals surface area contributed by atoms with Crippen LogP contribution >= 0.6 is 11.6 Å². The summed E-state index contributed by atoms with van der Waals surface area (Å²) in [5.74, 6) is -0.270. The summed E-state index contributed by atoms with van der Waals surface area (Å²) in [6.45, 7) is 3.87. The Bertz CT molecular complexity index is 1120. The predicted octanol–water partition coefficient (Wildman–Crippen LogP) is 6.30. The lowest BCUT2D eigenvalue weighted by Crippen LogP contribution is -2.49. The lowest BCUT2D eigenvalue weighted by Gasteiger charge is -2.36. The van der Waals surface area contributed by atoms with Crippen molar-refractivity contribution < 1.29 is 9.59 Å². The third kappa shape index (κ3) is 5.55. The summed E-state index contributed by atoms with van der Waals surface area (Å²) in [6.07, 6.45) is 1.58. The Morgan fingerprint density at radius 3 is 2.55 bits per heavy atom. The molecule has 0 unspecified atom stereocenters. The van der Waals surface area contributed by atoms with E-state index in [9.17, 15) is 9.59 Å². The van der Waals surface area contributed by atoms with Gasteiger partial charge in [0.1, 0.15) is 0 Å². The second-order valence-corrected chi connectivity index (χ2v) is 8.69. The highest BCUT2D eigenvalue weighted by Gasteiger charge is 2.27. The van der Waals surface area contributed by atoms with Gasteiger partial charge in [0.05, 0.1) is 5.92 Å². The number of urea groups is 1. The SMILES string of the molecule is CC[C@@H](C(=O)Nc1cccc(N2CCCN(Cc3cccc(Cl)c3)C2=O)c1)c1ccccc1. The minimum Gasteiger partial charge on any atom is -0.325 e. The molecule has 1 saturated heterocycles. The molecule has 1 aliphatic heterocycles. The van der Waals surface area contributed by atoms with Crippen molar-refractivity contribution >= 4 is 34.9 Å². The largest absolute Gasteiger partial charge is 0.325 e. The number of benzene rings is 3. The quantitative estimate of drug-likeness (QED) is 0.448. The van der Waals surface area contributed by atoms with Crippen molar-refractivity contribution in [2.75, 3.05) is 23.3 Å². The maximum absolute atomic E-state index is 13.2. The third-order valence-corrected chi connectivity index (χ3v) is 6.16. The number of hydrogen-bond donors (Lipinski definition) is 1. The molecule has 33 heavy (non-hydrogen) atoms. The van der Waals surface area contributed by atoms with Crippen molar-refractivity contribution in [3.63, 3.8) is 0 Å². The van der Waals surface area contributed by atoms with Gasteiger partial charge in [0, 0.05) is 36.0 Å². The van der Waals surface area contributed by atoms with Gasteiger partial charge in [0.2, 0.25) is 5.91 Å². The van der Waals surface area contributed by atoms with Crippen molar-refractivity contribution in [3.8, 4) is 0 Å². The third-order valence-electron chi connectivity index (χ3n) is 5.93. The number of carbonyl (C=O) groups excluding carboxylic acids is 2. The van der Waals surface area contributed by atoms with E-state index in [0.29, 0.717) is 36.8 Å². The van der Waals surface area contributed by atoms with Crippen LogP contribution in [-0.2, 0) is 11.3 Å². The molecule has 1 aliphatic rings. The number of amides is 3. The van der Waals surface area contributed by atoms with Gasteiger partial charge in [-0.15, -0.1) is 0 Å². The van der Waals surface area contributed by atoms with Crippen molar-refractivity contribution in [1.29, 1.82) is 0 Å². The highest BCUT2D eigenvalue weighted by atomic mass is 35.5. The Morgan fingerprint density at radius 2 is 1.79 bits per heavy atom. The number of nitrogens with one attached hydrogen (secondary N) is 1. The molecule has 1 atom stereocenters. The summed E-state index contributed by atoms with van der Waals surface area (Å²) < 4.78 is 0. The van der Waals surface area contributed by atoms with Crippen LogP contribution in [0.3, 0.4) is 0 Å². The van der Waals surface area contributed by atoms with Gasteiger partial charge in [0.25, 0.3) is 0 Å². The van der Waals surface area contributed by atoms with Crippen LogP contribution in [0.5, 0.6) is 0 Å². The molecule has 4 rings (SSSR count). The summed E-state index contributed by atoms with van der Waals surface area (Å²) in [6, 6.07) is 24.9. The van der Waals surface area contributed by atoms with Gasteiger partial charge in [-0.25, -0.2) is 4.79 Å². The minimum absolute atomic E-state index is 0.0413. The van der Waals surface area contributed by atoms with Crippen LogP contribution in [0, 0.1) is 0 Å². The van der Waals surface area contributed by atoms with Crippen molar-refractivity contribution in [3.05, 3.63) is 95.0 Å². The van der Waals surface area contributed by atoms with Gasteiger partial charge in [-0.1, -0.05) is 67.1 Å². The molecule has 0 radical (unpaired) electrons. The van der Waals surface area contributed by atoms with Gasteiger partial charge in [-0.3, -0.25) is 9.69 Å². The van der Waals surface area contributed by atoms with Crippen molar-refractivity contribution in [2.45, 2.75) is 32.2 Å². The van der Waals surface area contributed by atoms with E-state index in [2.05, 4.69) is 5.32 Å². The molecule has 3 aromatic carbocycles. The molecule has 3 amide bonds. The number of carbonyl (C=O) groups is 2. The topological polar surface area (TPSA) is 52.7 Å². The fourth-order valence-electron chi connectivity index (χ4n) is 4.26. The van der Waals surface area contributed by atoms with Crippen LogP contribution in [0.1, 0.15) is 36.8 Å². The molecule has 3 aromatic rings. The Kier molecular flexibility index (Phi) is 7.30. The molecule has 0 bridgehead atoms.